The molecule has 0 aliphatic heterocycles. The van der Waals surface area contributed by atoms with Crippen molar-refractivity contribution in [3.63, 3.8) is 0 Å². The lowest BCUT2D eigenvalue weighted by Crippen LogP contribution is -1.93. The smallest absolute Gasteiger partial charge is 0.117 e. The Kier molecular flexibility index (Phi) is 5.41. The van der Waals surface area contributed by atoms with Crippen molar-refractivity contribution in [1.82, 2.24) is 0 Å². The number of benzene rings is 2. The van der Waals surface area contributed by atoms with Crippen LogP contribution in [0.2, 0.25) is 13.1 Å². The van der Waals surface area contributed by atoms with Crippen LogP contribution in [0, 0.1) is 0 Å². The molecule has 0 saturated heterocycles. The second-order valence-electron chi connectivity index (χ2n) is 4.53. The van der Waals surface area contributed by atoms with E-state index in [1.807, 2.05) is 0 Å². The van der Waals surface area contributed by atoms with Crippen LogP contribution in [-0.4, -0.2) is 13.0 Å². The Balaban J connectivity index is 2.18. The van der Waals surface area contributed by atoms with Gasteiger partial charge >= 0.3 is 0 Å². The highest BCUT2D eigenvalue weighted by molar-refractivity contribution is 8.17. The highest BCUT2D eigenvalue weighted by atomic mass is 32.2. The van der Waals surface area contributed by atoms with Crippen LogP contribution < -0.4 is 0 Å². The quantitative estimate of drug-likeness (QED) is 0.442. The molecule has 0 atom stereocenters. The highest BCUT2D eigenvalue weighted by Gasteiger charge is 2.08. The molecule has 0 spiro atoms. The lowest BCUT2D eigenvalue weighted by atomic mass is 9.77. The van der Waals surface area contributed by atoms with Gasteiger partial charge in [-0.1, -0.05) is 80.2 Å². The van der Waals surface area contributed by atoms with E-state index in [-0.39, 0.29) is 10.9 Å². The zero-order valence-electron chi connectivity index (χ0n) is 11.0. The van der Waals surface area contributed by atoms with Crippen LogP contribution in [0.1, 0.15) is 6.42 Å². The predicted octanol–water partition coefficient (Wildman–Crippen LogP) is 4.40. The fourth-order valence-corrected chi connectivity index (χ4v) is 4.56. The number of thiol groups is 1. The molecule has 0 fully saturated rings. The maximum absolute atomic E-state index is 2.28. The molecule has 18 heavy (non-hydrogen) atoms. The second kappa shape index (κ2) is 7.32. The highest BCUT2D eigenvalue weighted by Crippen LogP contribution is 2.44. The Morgan fingerprint density at radius 2 is 1.33 bits per heavy atom. The monoisotopic (exact) mass is 256 g/mol. The minimum Gasteiger partial charge on any atom is -0.200 e. The van der Waals surface area contributed by atoms with Crippen molar-refractivity contribution in [3.05, 3.63) is 60.7 Å². The number of rotatable bonds is 6. The standard InChI is InChI=1S/C16H21BS/c1-17-13-8-14-18(15-9-4-2-5-10-15)16-11-6-3-7-12-16/h2-7,9-12,17-18H,8,13-14H2,1H3. The van der Waals surface area contributed by atoms with E-state index in [0.717, 1.165) is 0 Å². The van der Waals surface area contributed by atoms with Gasteiger partial charge in [-0.3, -0.25) is 0 Å². The molecule has 0 saturated carbocycles. The topological polar surface area (TPSA) is 0 Å². The summed E-state index contributed by atoms with van der Waals surface area (Å²) >= 11 is 0. The van der Waals surface area contributed by atoms with E-state index in [1.54, 1.807) is 0 Å². The first-order valence-corrected chi connectivity index (χ1v) is 8.32. The summed E-state index contributed by atoms with van der Waals surface area (Å²) in [5, 5.41) is 0. The van der Waals surface area contributed by atoms with Crippen molar-refractivity contribution >= 4 is 18.2 Å². The van der Waals surface area contributed by atoms with Gasteiger partial charge in [0.1, 0.15) is 7.28 Å². The van der Waals surface area contributed by atoms with E-state index in [1.165, 1.54) is 35.6 Å². The molecule has 2 heteroatoms. The van der Waals surface area contributed by atoms with Crippen molar-refractivity contribution < 1.29 is 0 Å². The van der Waals surface area contributed by atoms with Gasteiger partial charge in [0.25, 0.3) is 0 Å². The van der Waals surface area contributed by atoms with Crippen LogP contribution in [-0.2, 0) is 0 Å². The predicted molar refractivity (Wildman–Crippen MR) is 85.7 cm³/mol. The van der Waals surface area contributed by atoms with Gasteiger partial charge in [-0.2, -0.15) is 0 Å². The van der Waals surface area contributed by atoms with Crippen LogP contribution in [0.25, 0.3) is 0 Å². The first kappa shape index (κ1) is 13.3. The van der Waals surface area contributed by atoms with E-state index >= 15 is 0 Å². The third kappa shape index (κ3) is 3.68. The van der Waals surface area contributed by atoms with E-state index in [0.29, 0.717) is 0 Å². The Morgan fingerprint density at radius 1 is 0.833 bits per heavy atom. The molecule has 0 nitrogen and oxygen atoms in total. The van der Waals surface area contributed by atoms with Gasteiger partial charge in [0, 0.05) is 0 Å². The average Bonchev–Trinajstić information content (AvgIpc) is 2.46. The number of hydrogen-bond donors (Lipinski definition) is 1. The molecule has 0 aromatic heterocycles. The molecule has 0 amide bonds. The summed E-state index contributed by atoms with van der Waals surface area (Å²) in [5.74, 6) is 1.32. The summed E-state index contributed by atoms with van der Waals surface area (Å²) in [5.41, 5.74) is 0. The SMILES string of the molecule is CBCCC[SH](c1ccccc1)c1ccccc1. The summed E-state index contributed by atoms with van der Waals surface area (Å²) in [4.78, 5) is 3.02. The molecule has 0 heterocycles. The van der Waals surface area contributed by atoms with Crippen LogP contribution in [0.5, 0.6) is 0 Å². The van der Waals surface area contributed by atoms with Crippen molar-refractivity contribution in [2.75, 3.05) is 5.75 Å². The van der Waals surface area contributed by atoms with E-state index < -0.39 is 0 Å². The minimum absolute atomic E-state index is 0.162. The maximum atomic E-state index is 2.28. The van der Waals surface area contributed by atoms with Gasteiger partial charge in [-0.05, 0) is 15.5 Å². The van der Waals surface area contributed by atoms with Crippen molar-refractivity contribution in [2.24, 2.45) is 0 Å². The molecule has 2 aromatic rings. The fourth-order valence-electron chi connectivity index (χ4n) is 2.14. The summed E-state index contributed by atoms with van der Waals surface area (Å²) < 4.78 is 0. The Hall–Kier alpha value is -1.15. The maximum Gasteiger partial charge on any atom is 0.117 e. The van der Waals surface area contributed by atoms with Crippen LogP contribution in [0.3, 0.4) is 0 Å². The molecule has 0 radical (unpaired) electrons. The molecule has 0 unspecified atom stereocenters. The van der Waals surface area contributed by atoms with Crippen molar-refractivity contribution in [1.29, 1.82) is 0 Å². The average molecular weight is 256 g/mol. The van der Waals surface area contributed by atoms with Gasteiger partial charge in [-0.25, -0.2) is 10.9 Å². The molecule has 0 aliphatic rings. The third-order valence-corrected chi connectivity index (χ3v) is 5.73. The summed E-state index contributed by atoms with van der Waals surface area (Å²) in [7, 11) is 1.14. The molecule has 94 valence electrons. The van der Waals surface area contributed by atoms with Crippen LogP contribution >= 0.6 is 10.9 Å². The van der Waals surface area contributed by atoms with Gasteiger partial charge < -0.3 is 0 Å². The first-order valence-electron chi connectivity index (χ1n) is 6.79. The summed E-state index contributed by atoms with van der Waals surface area (Å²) in [6.07, 6.45) is 2.69. The fraction of sp³-hybridized carbons (Fsp3) is 0.250. The first-order chi connectivity index (χ1) is 8.92. The van der Waals surface area contributed by atoms with Crippen molar-refractivity contribution in [3.8, 4) is 0 Å². The zero-order chi connectivity index (χ0) is 12.6. The third-order valence-electron chi connectivity index (χ3n) is 3.12. The van der Waals surface area contributed by atoms with Crippen LogP contribution in [0.4, 0.5) is 0 Å². The van der Waals surface area contributed by atoms with Gasteiger partial charge in [0.15, 0.2) is 0 Å². The molecule has 0 bridgehead atoms. The normalized spacial score (nSPS) is 11.1. The van der Waals surface area contributed by atoms with Crippen molar-refractivity contribution in [2.45, 2.75) is 29.4 Å². The van der Waals surface area contributed by atoms with E-state index in [9.17, 15) is 0 Å². The van der Waals surface area contributed by atoms with Gasteiger partial charge in [0.05, 0.1) is 0 Å². The Morgan fingerprint density at radius 3 is 1.78 bits per heavy atom. The van der Waals surface area contributed by atoms with Gasteiger partial charge in [-0.15, -0.1) is 0 Å². The van der Waals surface area contributed by atoms with E-state index in [4.69, 9.17) is 0 Å². The molecular weight excluding hydrogens is 235 g/mol. The Bertz CT molecular complexity index is 402. The van der Waals surface area contributed by atoms with Crippen LogP contribution in [0.15, 0.2) is 70.5 Å². The zero-order valence-corrected chi connectivity index (χ0v) is 11.9. The summed E-state index contributed by atoms with van der Waals surface area (Å²) in [6, 6.07) is 22.0. The molecule has 2 aromatic carbocycles. The lowest BCUT2D eigenvalue weighted by molar-refractivity contribution is 1.08. The lowest BCUT2D eigenvalue weighted by Gasteiger charge is -2.22. The molecular formula is C16H21BS. The Labute approximate surface area is 114 Å². The number of hydrogen-bond acceptors (Lipinski definition) is 0. The molecule has 2 rings (SSSR count). The molecule has 0 N–H and O–H groups in total. The van der Waals surface area contributed by atoms with Gasteiger partial charge in [0.2, 0.25) is 0 Å². The summed E-state index contributed by atoms with van der Waals surface area (Å²) in [6.45, 7) is 2.27. The second-order valence-corrected chi connectivity index (χ2v) is 6.87. The largest absolute Gasteiger partial charge is 0.200 e. The van der Waals surface area contributed by atoms with E-state index in [2.05, 4.69) is 67.5 Å². The molecule has 0 aliphatic carbocycles. The minimum atomic E-state index is -0.162.